The highest BCUT2D eigenvalue weighted by molar-refractivity contribution is 6.17. The molecule has 0 fully saturated rings. The summed E-state index contributed by atoms with van der Waals surface area (Å²) in [6, 6.07) is 74.9. The minimum Gasteiger partial charge on any atom is -0.642 e. The lowest BCUT2D eigenvalue weighted by Crippen LogP contribution is -2.10. The summed E-state index contributed by atoms with van der Waals surface area (Å²) >= 11 is 0. The van der Waals surface area contributed by atoms with Crippen LogP contribution in [0.15, 0.2) is 217 Å². The molecule has 0 amide bonds. The van der Waals surface area contributed by atoms with E-state index < -0.39 is 0 Å². The summed E-state index contributed by atoms with van der Waals surface area (Å²) in [7, 11) is 0. The first-order chi connectivity index (χ1) is 29.7. The van der Waals surface area contributed by atoms with E-state index in [4.69, 9.17) is 14.5 Å². The summed E-state index contributed by atoms with van der Waals surface area (Å²) in [5, 5.41) is 9.42. The number of rotatable bonds is 7. The van der Waals surface area contributed by atoms with Crippen molar-refractivity contribution >= 4 is 66.5 Å². The van der Waals surface area contributed by atoms with Crippen LogP contribution in [0.25, 0.3) is 77.0 Å². The Bertz CT molecular complexity index is 3370. The molecule has 0 radical (unpaired) electrons. The van der Waals surface area contributed by atoms with Crippen LogP contribution >= 0.6 is 0 Å². The molecule has 5 heteroatoms. The first kappa shape index (κ1) is 34.1. The SMILES string of the molecule is c1ccc(-c2cccc(N(c3ccc(-c4ccc5c(c4)oc4ccc6c(c45)[N-]C(c4ccccc4)O6)cc3)c3cccc4c3c3ccccc3n4-c3ccccc3)c2)cc1. The molecule has 0 N–H and O–H groups in total. The molecule has 1 aliphatic heterocycles. The van der Waals surface area contributed by atoms with Gasteiger partial charge in [-0.1, -0.05) is 139 Å². The normalized spacial score (nSPS) is 13.4. The zero-order valence-electron chi connectivity index (χ0n) is 32.4. The van der Waals surface area contributed by atoms with E-state index >= 15 is 0 Å². The minimum absolute atomic E-state index is 0.371. The van der Waals surface area contributed by atoms with Crippen LogP contribution in [0.3, 0.4) is 0 Å². The van der Waals surface area contributed by atoms with Gasteiger partial charge in [0, 0.05) is 38.6 Å². The van der Waals surface area contributed by atoms with E-state index in [2.05, 4.69) is 179 Å². The molecule has 5 nitrogen and oxygen atoms in total. The second kappa shape index (κ2) is 13.8. The largest absolute Gasteiger partial charge is 0.642 e. The quantitative estimate of drug-likeness (QED) is 0.162. The van der Waals surface area contributed by atoms with Crippen molar-refractivity contribution in [2.24, 2.45) is 0 Å². The van der Waals surface area contributed by atoms with Gasteiger partial charge in [-0.3, -0.25) is 0 Å². The molecule has 0 aliphatic carbocycles. The van der Waals surface area contributed by atoms with Gasteiger partial charge in [0.15, 0.2) is 0 Å². The molecule has 60 heavy (non-hydrogen) atoms. The lowest BCUT2D eigenvalue weighted by atomic mass is 10.0. The standard InChI is InChI=1S/C55H36N3O2/c1-4-14-36(15-5-1)39-18-12-21-43(34-39)57(47-24-13-25-48-52(47)44-22-10-11-23-46(44)58(48)41-19-8-3-9-20-41)42-29-26-37(27-30-42)40-28-31-45-51(35-40)59-49-32-33-50-54(53(45)49)56-55(60-50)38-16-6-2-7-17-38/h1-35,55H/q-1. The number of fused-ring (bicyclic) bond motifs is 8. The highest BCUT2D eigenvalue weighted by atomic mass is 16.5. The van der Waals surface area contributed by atoms with Gasteiger partial charge in [-0.25, -0.2) is 0 Å². The van der Waals surface area contributed by atoms with Crippen molar-refractivity contribution in [2.45, 2.75) is 6.23 Å². The molecule has 0 saturated carbocycles. The number of nitrogens with zero attached hydrogens (tertiary/aromatic N) is 3. The lowest BCUT2D eigenvalue weighted by Gasteiger charge is -2.27. The Hall–Kier alpha value is -8.02. The Morgan fingerprint density at radius 3 is 1.95 bits per heavy atom. The molecule has 3 heterocycles. The third kappa shape index (κ3) is 5.55. The Balaban J connectivity index is 0.975. The summed E-state index contributed by atoms with van der Waals surface area (Å²) in [6.07, 6.45) is -0.371. The van der Waals surface area contributed by atoms with E-state index in [1.807, 2.05) is 42.5 Å². The van der Waals surface area contributed by atoms with Crippen LogP contribution in [-0.4, -0.2) is 4.57 Å². The van der Waals surface area contributed by atoms with Gasteiger partial charge >= 0.3 is 0 Å². The fourth-order valence-corrected chi connectivity index (χ4v) is 8.98. The number of hydrogen-bond acceptors (Lipinski definition) is 3. The number of ether oxygens (including phenoxy) is 1. The Kier molecular flexibility index (Phi) is 7.85. The minimum atomic E-state index is -0.371. The first-order valence-corrected chi connectivity index (χ1v) is 20.3. The fourth-order valence-electron chi connectivity index (χ4n) is 8.98. The number of furan rings is 1. The van der Waals surface area contributed by atoms with Gasteiger partial charge in [0.1, 0.15) is 16.9 Å². The summed E-state index contributed by atoms with van der Waals surface area (Å²) in [5.41, 5.74) is 14.7. The molecule has 0 spiro atoms. The van der Waals surface area contributed by atoms with Crippen LogP contribution in [0.1, 0.15) is 11.8 Å². The van der Waals surface area contributed by atoms with Crippen molar-refractivity contribution in [3.05, 3.63) is 223 Å². The van der Waals surface area contributed by atoms with Gasteiger partial charge in [-0.2, -0.15) is 0 Å². The van der Waals surface area contributed by atoms with Crippen LogP contribution in [0.2, 0.25) is 0 Å². The predicted octanol–water partition coefficient (Wildman–Crippen LogP) is 15.6. The topological polar surface area (TPSA) is 44.6 Å². The second-order valence-electron chi connectivity index (χ2n) is 15.3. The number of hydrogen-bond donors (Lipinski definition) is 0. The molecular weight excluding hydrogens is 735 g/mol. The van der Waals surface area contributed by atoms with E-state index in [9.17, 15) is 0 Å². The maximum Gasteiger partial charge on any atom is 0.135 e. The summed E-state index contributed by atoms with van der Waals surface area (Å²) in [4.78, 5) is 2.40. The van der Waals surface area contributed by atoms with Gasteiger partial charge < -0.3 is 23.9 Å². The lowest BCUT2D eigenvalue weighted by molar-refractivity contribution is 0.269. The molecular formula is C55H36N3O2-. The Morgan fingerprint density at radius 2 is 1.12 bits per heavy atom. The molecule has 1 unspecified atom stereocenters. The van der Waals surface area contributed by atoms with E-state index in [1.165, 1.54) is 21.9 Å². The van der Waals surface area contributed by atoms with Crippen LogP contribution in [0.5, 0.6) is 5.75 Å². The Labute approximate surface area is 346 Å². The first-order valence-electron chi connectivity index (χ1n) is 20.3. The molecule has 284 valence electrons. The number of anilines is 3. The van der Waals surface area contributed by atoms with Crippen molar-refractivity contribution in [1.29, 1.82) is 0 Å². The second-order valence-corrected chi connectivity index (χ2v) is 15.3. The van der Waals surface area contributed by atoms with E-state index in [1.54, 1.807) is 0 Å². The zero-order chi connectivity index (χ0) is 39.6. The number of aromatic nitrogens is 1. The third-order valence-corrected chi connectivity index (χ3v) is 11.7. The molecule has 1 aliphatic rings. The van der Waals surface area contributed by atoms with E-state index in [0.717, 1.165) is 83.9 Å². The average Bonchev–Trinajstić information content (AvgIpc) is 4.02. The van der Waals surface area contributed by atoms with Crippen LogP contribution in [0.4, 0.5) is 22.7 Å². The zero-order valence-corrected chi connectivity index (χ0v) is 32.4. The molecule has 11 aromatic rings. The molecule has 9 aromatic carbocycles. The van der Waals surface area contributed by atoms with Crippen LogP contribution in [-0.2, 0) is 0 Å². The smallest absolute Gasteiger partial charge is 0.135 e. The van der Waals surface area contributed by atoms with Crippen molar-refractivity contribution in [3.8, 4) is 33.7 Å². The average molecular weight is 771 g/mol. The summed E-state index contributed by atoms with van der Waals surface area (Å²) in [5.74, 6) is 0.776. The highest BCUT2D eigenvalue weighted by Gasteiger charge is 2.23. The van der Waals surface area contributed by atoms with Crippen LogP contribution < -0.4 is 9.64 Å². The predicted molar refractivity (Wildman–Crippen MR) is 246 cm³/mol. The number of benzene rings is 9. The molecule has 2 aromatic heterocycles. The highest BCUT2D eigenvalue weighted by Crippen LogP contribution is 2.53. The monoisotopic (exact) mass is 770 g/mol. The van der Waals surface area contributed by atoms with Gasteiger partial charge in [0.25, 0.3) is 0 Å². The molecule has 1 atom stereocenters. The van der Waals surface area contributed by atoms with Crippen molar-refractivity contribution in [2.75, 3.05) is 4.90 Å². The summed E-state index contributed by atoms with van der Waals surface area (Å²) < 4.78 is 15.2. The van der Waals surface area contributed by atoms with E-state index in [0.29, 0.717) is 0 Å². The fraction of sp³-hybridized carbons (Fsp3) is 0.0182. The Morgan fingerprint density at radius 1 is 0.450 bits per heavy atom. The molecule has 0 saturated heterocycles. The van der Waals surface area contributed by atoms with Crippen molar-refractivity contribution < 1.29 is 9.15 Å². The molecule has 0 bridgehead atoms. The van der Waals surface area contributed by atoms with Gasteiger partial charge in [-0.15, -0.1) is 0 Å². The van der Waals surface area contributed by atoms with E-state index in [-0.39, 0.29) is 6.23 Å². The maximum atomic E-state index is 6.49. The van der Waals surface area contributed by atoms with Gasteiger partial charge in [0.05, 0.1) is 22.9 Å². The maximum absolute atomic E-state index is 6.49. The number of para-hydroxylation sites is 2. The van der Waals surface area contributed by atoms with Crippen molar-refractivity contribution in [1.82, 2.24) is 4.57 Å². The molecule has 12 rings (SSSR count). The van der Waals surface area contributed by atoms with Gasteiger partial charge in [-0.05, 0) is 107 Å². The van der Waals surface area contributed by atoms with Crippen LogP contribution in [0, 0.1) is 0 Å². The van der Waals surface area contributed by atoms with Gasteiger partial charge in [0.2, 0.25) is 0 Å². The summed E-state index contributed by atoms with van der Waals surface area (Å²) in [6.45, 7) is 0. The van der Waals surface area contributed by atoms with Crippen molar-refractivity contribution in [3.63, 3.8) is 0 Å². The third-order valence-electron chi connectivity index (χ3n) is 11.7.